The molecule has 0 N–H and O–H groups in total. The number of aromatic nitrogens is 1. The highest BCUT2D eigenvalue weighted by molar-refractivity contribution is 7.14. The molecular weight excluding hydrogens is 242 g/mol. The Hall–Kier alpha value is -1.06. The van der Waals surface area contributed by atoms with Crippen molar-refractivity contribution in [1.82, 2.24) is 4.98 Å². The molecule has 0 fully saturated rings. The predicted octanol–water partition coefficient (Wildman–Crippen LogP) is 4.09. The molecule has 4 heteroatoms. The Balaban J connectivity index is 2.63. The summed E-state index contributed by atoms with van der Waals surface area (Å²) in [6, 6.07) is 4.16. The number of ether oxygens (including phenoxy) is 1. The molecule has 0 aliphatic carbocycles. The number of hydrogen-bond acceptors (Lipinski definition) is 3. The molecule has 84 valence electrons. The smallest absolute Gasteiger partial charge is 0.184 e. The second-order valence-corrected chi connectivity index (χ2v) is 5.09. The zero-order valence-corrected chi connectivity index (χ0v) is 10.9. The van der Waals surface area contributed by atoms with Crippen LogP contribution in [-0.4, -0.2) is 12.1 Å². The van der Waals surface area contributed by atoms with Gasteiger partial charge in [-0.05, 0) is 31.0 Å². The van der Waals surface area contributed by atoms with E-state index in [0.717, 1.165) is 22.6 Å². The van der Waals surface area contributed by atoms with E-state index in [4.69, 9.17) is 16.3 Å². The predicted molar refractivity (Wildman–Crippen MR) is 68.6 cm³/mol. The first-order valence-electron chi connectivity index (χ1n) is 4.88. The summed E-state index contributed by atoms with van der Waals surface area (Å²) < 4.78 is 5.97. The van der Waals surface area contributed by atoms with Gasteiger partial charge in [0.2, 0.25) is 0 Å². The van der Waals surface area contributed by atoms with Crippen molar-refractivity contribution in [3.05, 3.63) is 33.1 Å². The van der Waals surface area contributed by atoms with E-state index in [1.54, 1.807) is 7.11 Å². The normalized spacial score (nSPS) is 10.5. The maximum absolute atomic E-state index is 5.85. The highest BCUT2D eigenvalue weighted by atomic mass is 35.5. The highest BCUT2D eigenvalue weighted by Gasteiger charge is 2.12. The van der Waals surface area contributed by atoms with Crippen LogP contribution in [0.15, 0.2) is 17.5 Å². The largest absolute Gasteiger partial charge is 0.496 e. The van der Waals surface area contributed by atoms with E-state index < -0.39 is 0 Å². The zero-order valence-electron chi connectivity index (χ0n) is 9.37. The van der Waals surface area contributed by atoms with Crippen LogP contribution in [-0.2, 0) is 0 Å². The van der Waals surface area contributed by atoms with E-state index in [0.29, 0.717) is 4.47 Å². The van der Waals surface area contributed by atoms with Gasteiger partial charge >= 0.3 is 0 Å². The van der Waals surface area contributed by atoms with Crippen LogP contribution in [0.5, 0.6) is 5.75 Å². The first kappa shape index (κ1) is 11.4. The van der Waals surface area contributed by atoms with Gasteiger partial charge in [0, 0.05) is 10.9 Å². The van der Waals surface area contributed by atoms with Crippen molar-refractivity contribution in [2.75, 3.05) is 7.11 Å². The van der Waals surface area contributed by atoms with Gasteiger partial charge in [-0.1, -0.05) is 17.7 Å². The van der Waals surface area contributed by atoms with Crippen molar-refractivity contribution in [3.63, 3.8) is 0 Å². The average molecular weight is 254 g/mol. The summed E-state index contributed by atoms with van der Waals surface area (Å²) in [5, 5.41) is 1.94. The standard InChI is InChI=1S/C12H12ClNOS/c1-7-4-8(2)11(15-3)9(5-7)10-6-16-12(13)14-10/h4-6H,1-3H3. The van der Waals surface area contributed by atoms with E-state index in [1.807, 2.05) is 12.3 Å². The number of halogens is 1. The van der Waals surface area contributed by atoms with Crippen LogP contribution >= 0.6 is 22.9 Å². The number of hydrogen-bond donors (Lipinski definition) is 0. The molecule has 16 heavy (non-hydrogen) atoms. The summed E-state index contributed by atoms with van der Waals surface area (Å²) in [6.45, 7) is 4.09. The molecular formula is C12H12ClNOS. The Labute approximate surface area is 104 Å². The van der Waals surface area contributed by atoms with Gasteiger partial charge in [0.1, 0.15) is 5.75 Å². The van der Waals surface area contributed by atoms with Gasteiger partial charge in [0.25, 0.3) is 0 Å². The lowest BCUT2D eigenvalue weighted by molar-refractivity contribution is 0.413. The third-order valence-corrected chi connectivity index (χ3v) is 3.35. The van der Waals surface area contributed by atoms with Crippen LogP contribution in [0.4, 0.5) is 0 Å². The summed E-state index contributed by atoms with van der Waals surface area (Å²) >= 11 is 7.28. The number of rotatable bonds is 2. The van der Waals surface area contributed by atoms with Gasteiger partial charge in [-0.15, -0.1) is 11.3 Å². The van der Waals surface area contributed by atoms with Crippen molar-refractivity contribution in [2.24, 2.45) is 0 Å². The summed E-state index contributed by atoms with van der Waals surface area (Å²) in [5.41, 5.74) is 4.18. The fourth-order valence-corrected chi connectivity index (χ4v) is 2.56. The van der Waals surface area contributed by atoms with Crippen molar-refractivity contribution < 1.29 is 4.74 Å². The number of methoxy groups -OCH3 is 1. The van der Waals surface area contributed by atoms with Gasteiger partial charge in [0.15, 0.2) is 4.47 Å². The van der Waals surface area contributed by atoms with Gasteiger partial charge < -0.3 is 4.74 Å². The second-order valence-electron chi connectivity index (χ2n) is 3.65. The van der Waals surface area contributed by atoms with E-state index in [1.165, 1.54) is 16.9 Å². The Bertz CT molecular complexity index is 522. The van der Waals surface area contributed by atoms with Crippen LogP contribution in [0.25, 0.3) is 11.3 Å². The molecule has 2 nitrogen and oxygen atoms in total. The van der Waals surface area contributed by atoms with E-state index in [2.05, 4.69) is 24.0 Å². The first-order valence-corrected chi connectivity index (χ1v) is 6.14. The van der Waals surface area contributed by atoms with Crippen LogP contribution < -0.4 is 4.74 Å². The molecule has 1 aromatic carbocycles. The Morgan fingerprint density at radius 2 is 2.06 bits per heavy atom. The second kappa shape index (κ2) is 4.44. The monoisotopic (exact) mass is 253 g/mol. The fourth-order valence-electron chi connectivity index (χ4n) is 1.79. The first-order chi connectivity index (χ1) is 7.61. The topological polar surface area (TPSA) is 22.1 Å². The van der Waals surface area contributed by atoms with Crippen LogP contribution in [0, 0.1) is 13.8 Å². The molecule has 0 saturated heterocycles. The van der Waals surface area contributed by atoms with Crippen molar-refractivity contribution in [1.29, 1.82) is 0 Å². The van der Waals surface area contributed by atoms with Crippen LogP contribution in [0.2, 0.25) is 4.47 Å². The lowest BCUT2D eigenvalue weighted by Crippen LogP contribution is -1.92. The number of nitrogens with zero attached hydrogens (tertiary/aromatic N) is 1. The molecule has 1 heterocycles. The van der Waals surface area contributed by atoms with Crippen molar-refractivity contribution >= 4 is 22.9 Å². The van der Waals surface area contributed by atoms with E-state index in [9.17, 15) is 0 Å². The molecule has 2 aromatic rings. The van der Waals surface area contributed by atoms with Gasteiger partial charge in [-0.25, -0.2) is 4.98 Å². The minimum Gasteiger partial charge on any atom is -0.496 e. The lowest BCUT2D eigenvalue weighted by Gasteiger charge is -2.10. The molecule has 0 aliphatic rings. The van der Waals surface area contributed by atoms with Gasteiger partial charge in [-0.3, -0.25) is 0 Å². The van der Waals surface area contributed by atoms with Crippen molar-refractivity contribution in [2.45, 2.75) is 13.8 Å². The molecule has 0 radical (unpaired) electrons. The quantitative estimate of drug-likeness (QED) is 0.804. The molecule has 0 unspecified atom stereocenters. The highest BCUT2D eigenvalue weighted by Crippen LogP contribution is 2.35. The molecule has 1 aromatic heterocycles. The third-order valence-electron chi connectivity index (χ3n) is 2.38. The average Bonchev–Trinajstić information content (AvgIpc) is 2.63. The van der Waals surface area contributed by atoms with Gasteiger partial charge in [-0.2, -0.15) is 0 Å². The van der Waals surface area contributed by atoms with Gasteiger partial charge in [0.05, 0.1) is 12.8 Å². The van der Waals surface area contributed by atoms with Crippen LogP contribution in [0.1, 0.15) is 11.1 Å². The van der Waals surface area contributed by atoms with E-state index in [-0.39, 0.29) is 0 Å². The summed E-state index contributed by atoms with van der Waals surface area (Å²) in [5.74, 6) is 0.868. The maximum Gasteiger partial charge on any atom is 0.184 e. The molecule has 0 bridgehead atoms. The van der Waals surface area contributed by atoms with Crippen molar-refractivity contribution in [3.8, 4) is 17.0 Å². The summed E-state index contributed by atoms with van der Waals surface area (Å²) in [7, 11) is 1.68. The molecule has 0 saturated carbocycles. The minimum absolute atomic E-state index is 0.552. The Morgan fingerprint density at radius 3 is 2.62 bits per heavy atom. The van der Waals surface area contributed by atoms with E-state index >= 15 is 0 Å². The molecule has 0 aliphatic heterocycles. The summed E-state index contributed by atoms with van der Waals surface area (Å²) in [6.07, 6.45) is 0. The minimum atomic E-state index is 0.552. The van der Waals surface area contributed by atoms with Crippen LogP contribution in [0.3, 0.4) is 0 Å². The maximum atomic E-state index is 5.85. The number of aryl methyl sites for hydroxylation is 2. The zero-order chi connectivity index (χ0) is 11.7. The fraction of sp³-hybridized carbons (Fsp3) is 0.250. The molecule has 0 spiro atoms. The molecule has 2 rings (SSSR count). The Kier molecular flexibility index (Phi) is 3.17. The Morgan fingerprint density at radius 1 is 1.31 bits per heavy atom. The third kappa shape index (κ3) is 2.06. The molecule has 0 amide bonds. The number of thiazole rings is 1. The lowest BCUT2D eigenvalue weighted by atomic mass is 10.0. The SMILES string of the molecule is COc1c(C)cc(C)cc1-c1csc(Cl)n1. The molecule has 0 atom stereocenters. The summed E-state index contributed by atoms with van der Waals surface area (Å²) in [4.78, 5) is 4.28. The number of benzene rings is 1.